The standard InChI is InChI=1S/C19H30N4O2/c1-4-5-6-7-18(24)23-14-12-22(13-15-23)17-10-8-16(9-11-17)20-19(25)21(2)3/h8-11H,4-7,12-15H2,1-3H3,(H,20,25). The van der Waals surface area contributed by atoms with Crippen LogP contribution >= 0.6 is 0 Å². The van der Waals surface area contributed by atoms with Crippen LogP contribution in [0.5, 0.6) is 0 Å². The largest absolute Gasteiger partial charge is 0.368 e. The monoisotopic (exact) mass is 346 g/mol. The molecule has 1 aromatic rings. The summed E-state index contributed by atoms with van der Waals surface area (Å²) >= 11 is 0. The summed E-state index contributed by atoms with van der Waals surface area (Å²) in [6, 6.07) is 7.73. The number of nitrogens with zero attached hydrogens (tertiary/aromatic N) is 3. The van der Waals surface area contributed by atoms with Crippen molar-refractivity contribution in [1.82, 2.24) is 9.80 Å². The lowest BCUT2D eigenvalue weighted by Crippen LogP contribution is -2.48. The zero-order valence-corrected chi connectivity index (χ0v) is 15.6. The number of carbonyl (C=O) groups is 2. The molecule has 25 heavy (non-hydrogen) atoms. The van der Waals surface area contributed by atoms with E-state index < -0.39 is 0 Å². The Kier molecular flexibility index (Phi) is 7.10. The first-order chi connectivity index (χ1) is 12.0. The van der Waals surface area contributed by atoms with E-state index in [-0.39, 0.29) is 11.9 Å². The van der Waals surface area contributed by atoms with Crippen molar-refractivity contribution >= 4 is 23.3 Å². The number of rotatable bonds is 6. The van der Waals surface area contributed by atoms with Crippen molar-refractivity contribution in [2.45, 2.75) is 32.6 Å². The van der Waals surface area contributed by atoms with E-state index in [9.17, 15) is 9.59 Å². The van der Waals surface area contributed by atoms with E-state index >= 15 is 0 Å². The van der Waals surface area contributed by atoms with Crippen LogP contribution in [-0.2, 0) is 4.79 Å². The van der Waals surface area contributed by atoms with Crippen LogP contribution in [0.1, 0.15) is 32.6 Å². The van der Waals surface area contributed by atoms with Gasteiger partial charge in [0.05, 0.1) is 0 Å². The first-order valence-corrected chi connectivity index (χ1v) is 9.12. The molecule has 1 aromatic carbocycles. The number of nitrogens with one attached hydrogen (secondary N) is 1. The number of carbonyl (C=O) groups excluding carboxylic acids is 2. The van der Waals surface area contributed by atoms with E-state index in [0.29, 0.717) is 6.42 Å². The molecule has 1 heterocycles. The van der Waals surface area contributed by atoms with Crippen molar-refractivity contribution in [2.75, 3.05) is 50.5 Å². The summed E-state index contributed by atoms with van der Waals surface area (Å²) in [5.41, 5.74) is 1.91. The van der Waals surface area contributed by atoms with Gasteiger partial charge in [0.15, 0.2) is 0 Å². The molecule has 1 N–H and O–H groups in total. The quantitative estimate of drug-likeness (QED) is 0.806. The number of hydrogen-bond donors (Lipinski definition) is 1. The van der Waals surface area contributed by atoms with Crippen LogP contribution in [0, 0.1) is 0 Å². The average Bonchev–Trinajstić information content (AvgIpc) is 2.62. The van der Waals surface area contributed by atoms with Crippen LogP contribution in [0.2, 0.25) is 0 Å². The maximum absolute atomic E-state index is 12.2. The van der Waals surface area contributed by atoms with E-state index in [0.717, 1.165) is 56.8 Å². The predicted octanol–water partition coefficient (Wildman–Crippen LogP) is 3.01. The van der Waals surface area contributed by atoms with Gasteiger partial charge in [0.25, 0.3) is 0 Å². The fourth-order valence-corrected chi connectivity index (χ4v) is 2.89. The van der Waals surface area contributed by atoms with E-state index in [1.807, 2.05) is 29.2 Å². The van der Waals surface area contributed by atoms with E-state index in [4.69, 9.17) is 0 Å². The predicted molar refractivity (Wildman–Crippen MR) is 102 cm³/mol. The molecule has 0 spiro atoms. The van der Waals surface area contributed by atoms with E-state index in [1.54, 1.807) is 14.1 Å². The lowest BCUT2D eigenvalue weighted by Gasteiger charge is -2.36. The number of amides is 3. The first kappa shape index (κ1) is 19.1. The van der Waals surface area contributed by atoms with Gasteiger partial charge in [-0.2, -0.15) is 0 Å². The summed E-state index contributed by atoms with van der Waals surface area (Å²) in [6.07, 6.45) is 3.94. The lowest BCUT2D eigenvalue weighted by atomic mass is 10.1. The highest BCUT2D eigenvalue weighted by molar-refractivity contribution is 5.89. The Labute approximate surface area is 150 Å². The molecule has 0 saturated carbocycles. The normalized spacial score (nSPS) is 14.4. The van der Waals surface area contributed by atoms with Gasteiger partial charge in [-0.05, 0) is 30.7 Å². The molecule has 1 aliphatic heterocycles. The number of hydrogen-bond acceptors (Lipinski definition) is 3. The zero-order valence-electron chi connectivity index (χ0n) is 15.6. The highest BCUT2D eigenvalue weighted by Crippen LogP contribution is 2.20. The molecule has 6 heteroatoms. The minimum Gasteiger partial charge on any atom is -0.368 e. The van der Waals surface area contributed by atoms with Crippen molar-refractivity contribution < 1.29 is 9.59 Å². The Bertz CT molecular complexity index is 563. The Balaban J connectivity index is 1.82. The SMILES string of the molecule is CCCCCC(=O)N1CCN(c2ccc(NC(=O)N(C)C)cc2)CC1. The van der Waals surface area contributed by atoms with Gasteiger partial charge in [0, 0.05) is 58.1 Å². The number of unbranched alkanes of at least 4 members (excludes halogenated alkanes) is 2. The smallest absolute Gasteiger partial charge is 0.321 e. The van der Waals surface area contributed by atoms with Crippen LogP contribution in [0.4, 0.5) is 16.2 Å². The van der Waals surface area contributed by atoms with Gasteiger partial charge in [-0.25, -0.2) is 4.79 Å². The van der Waals surface area contributed by atoms with E-state index in [2.05, 4.69) is 17.1 Å². The summed E-state index contributed by atoms with van der Waals surface area (Å²) in [7, 11) is 3.43. The molecule has 1 saturated heterocycles. The first-order valence-electron chi connectivity index (χ1n) is 9.12. The Morgan fingerprint density at radius 1 is 1.04 bits per heavy atom. The molecule has 1 fully saturated rings. The van der Waals surface area contributed by atoms with Crippen molar-refractivity contribution in [3.8, 4) is 0 Å². The molecule has 0 radical (unpaired) electrons. The Morgan fingerprint density at radius 3 is 2.24 bits per heavy atom. The molecule has 138 valence electrons. The molecule has 0 aliphatic carbocycles. The third kappa shape index (κ3) is 5.66. The zero-order chi connectivity index (χ0) is 18.2. The van der Waals surface area contributed by atoms with Crippen LogP contribution in [0.3, 0.4) is 0 Å². The summed E-state index contributed by atoms with van der Waals surface area (Å²) in [5, 5.41) is 2.83. The second kappa shape index (κ2) is 9.30. The van der Waals surface area contributed by atoms with Gasteiger partial charge in [-0.3, -0.25) is 4.79 Å². The van der Waals surface area contributed by atoms with Crippen molar-refractivity contribution in [2.24, 2.45) is 0 Å². The van der Waals surface area contributed by atoms with Crippen LogP contribution in [-0.4, -0.2) is 62.0 Å². The number of anilines is 2. The molecular weight excluding hydrogens is 316 g/mol. The summed E-state index contributed by atoms with van der Waals surface area (Å²) in [4.78, 5) is 29.6. The van der Waals surface area contributed by atoms with Crippen molar-refractivity contribution in [3.05, 3.63) is 24.3 Å². The van der Waals surface area contributed by atoms with Crippen LogP contribution in [0.25, 0.3) is 0 Å². The maximum atomic E-state index is 12.2. The van der Waals surface area contributed by atoms with Gasteiger partial charge in [-0.15, -0.1) is 0 Å². The summed E-state index contributed by atoms with van der Waals surface area (Å²) in [6.45, 7) is 5.42. The number of benzene rings is 1. The fourth-order valence-electron chi connectivity index (χ4n) is 2.89. The Hall–Kier alpha value is -2.24. The van der Waals surface area contributed by atoms with E-state index in [1.165, 1.54) is 4.90 Å². The van der Waals surface area contributed by atoms with Crippen molar-refractivity contribution in [1.29, 1.82) is 0 Å². The topological polar surface area (TPSA) is 55.9 Å². The molecule has 0 bridgehead atoms. The number of piperazine rings is 1. The minimum atomic E-state index is -0.136. The molecule has 1 aliphatic rings. The molecule has 6 nitrogen and oxygen atoms in total. The minimum absolute atomic E-state index is 0.136. The van der Waals surface area contributed by atoms with Gasteiger partial charge in [0.1, 0.15) is 0 Å². The molecule has 0 atom stereocenters. The maximum Gasteiger partial charge on any atom is 0.321 e. The Morgan fingerprint density at radius 2 is 1.68 bits per heavy atom. The van der Waals surface area contributed by atoms with Gasteiger partial charge < -0.3 is 20.0 Å². The van der Waals surface area contributed by atoms with Gasteiger partial charge in [0.2, 0.25) is 5.91 Å². The third-order valence-electron chi connectivity index (χ3n) is 4.52. The number of urea groups is 1. The third-order valence-corrected chi connectivity index (χ3v) is 4.52. The fraction of sp³-hybridized carbons (Fsp3) is 0.579. The van der Waals surface area contributed by atoms with Gasteiger partial charge >= 0.3 is 6.03 Å². The van der Waals surface area contributed by atoms with Gasteiger partial charge in [-0.1, -0.05) is 19.8 Å². The average molecular weight is 346 g/mol. The molecule has 0 unspecified atom stereocenters. The van der Waals surface area contributed by atoms with Crippen LogP contribution in [0.15, 0.2) is 24.3 Å². The molecule has 2 rings (SSSR count). The molecular formula is C19H30N4O2. The second-order valence-electron chi connectivity index (χ2n) is 6.70. The molecule has 3 amide bonds. The summed E-state index contributed by atoms with van der Waals surface area (Å²) in [5.74, 6) is 0.287. The summed E-state index contributed by atoms with van der Waals surface area (Å²) < 4.78 is 0. The lowest BCUT2D eigenvalue weighted by molar-refractivity contribution is -0.131. The second-order valence-corrected chi connectivity index (χ2v) is 6.70. The highest BCUT2D eigenvalue weighted by atomic mass is 16.2. The van der Waals surface area contributed by atoms with Crippen molar-refractivity contribution in [3.63, 3.8) is 0 Å². The highest BCUT2D eigenvalue weighted by Gasteiger charge is 2.20. The van der Waals surface area contributed by atoms with Crippen LogP contribution < -0.4 is 10.2 Å². The molecule has 0 aromatic heterocycles.